The van der Waals surface area contributed by atoms with Crippen LogP contribution >= 0.6 is 0 Å². The normalized spacial score (nSPS) is 22.3. The van der Waals surface area contributed by atoms with Crippen LogP contribution in [0.15, 0.2) is 0 Å². The molecule has 0 aromatic rings. The first-order valence-corrected chi connectivity index (χ1v) is 8.40. The average molecular weight is 295 g/mol. The van der Waals surface area contributed by atoms with Gasteiger partial charge in [-0.1, -0.05) is 19.8 Å². The standard InChI is InChI=1S/C16H29N3O2/c1-3-8-17-16(21)15(14-6-4-5-7-14)19-11-9-18(10-12-19)13(2)20/h14-15H,3-12H2,1-2H3,(H,17,21)/t15-/m0/s1. The van der Waals surface area contributed by atoms with E-state index < -0.39 is 0 Å². The number of hydrogen-bond acceptors (Lipinski definition) is 3. The Kier molecular flexibility index (Phi) is 6.03. The quantitative estimate of drug-likeness (QED) is 0.830. The lowest BCUT2D eigenvalue weighted by molar-refractivity contribution is -0.133. The molecule has 5 heteroatoms. The van der Waals surface area contributed by atoms with Gasteiger partial charge in [0.2, 0.25) is 11.8 Å². The summed E-state index contributed by atoms with van der Waals surface area (Å²) in [7, 11) is 0. The maximum atomic E-state index is 12.6. The Labute approximate surface area is 128 Å². The number of carbonyl (C=O) groups excluding carboxylic acids is 2. The highest BCUT2D eigenvalue weighted by molar-refractivity contribution is 5.82. The molecule has 2 amide bonds. The van der Waals surface area contributed by atoms with Gasteiger partial charge in [0.05, 0.1) is 6.04 Å². The van der Waals surface area contributed by atoms with Crippen molar-refractivity contribution < 1.29 is 9.59 Å². The van der Waals surface area contributed by atoms with Gasteiger partial charge in [0, 0.05) is 39.6 Å². The van der Waals surface area contributed by atoms with Crippen molar-refractivity contribution in [1.82, 2.24) is 15.1 Å². The van der Waals surface area contributed by atoms with Crippen LogP contribution in [0, 0.1) is 5.92 Å². The minimum Gasteiger partial charge on any atom is -0.355 e. The Hall–Kier alpha value is -1.10. The van der Waals surface area contributed by atoms with Crippen LogP contribution in [0.5, 0.6) is 0 Å². The van der Waals surface area contributed by atoms with Crippen molar-refractivity contribution in [3.8, 4) is 0 Å². The fourth-order valence-corrected chi connectivity index (χ4v) is 3.62. The number of hydrogen-bond donors (Lipinski definition) is 1. The second-order valence-electron chi connectivity index (χ2n) is 6.32. The van der Waals surface area contributed by atoms with Crippen LogP contribution in [-0.4, -0.2) is 60.4 Å². The second kappa shape index (κ2) is 7.78. The SMILES string of the molecule is CCCNC(=O)[C@H](C1CCCC1)N1CCN(C(C)=O)CC1. The highest BCUT2D eigenvalue weighted by atomic mass is 16.2. The van der Waals surface area contributed by atoms with Crippen molar-refractivity contribution in [3.05, 3.63) is 0 Å². The molecule has 1 heterocycles. The molecule has 0 spiro atoms. The van der Waals surface area contributed by atoms with E-state index in [1.54, 1.807) is 6.92 Å². The van der Waals surface area contributed by atoms with Gasteiger partial charge in [0.25, 0.3) is 0 Å². The van der Waals surface area contributed by atoms with E-state index in [1.165, 1.54) is 12.8 Å². The molecule has 1 atom stereocenters. The van der Waals surface area contributed by atoms with Gasteiger partial charge in [-0.3, -0.25) is 14.5 Å². The summed E-state index contributed by atoms with van der Waals surface area (Å²) < 4.78 is 0. The largest absolute Gasteiger partial charge is 0.355 e. The molecule has 2 fully saturated rings. The summed E-state index contributed by atoms with van der Waals surface area (Å²) in [5, 5.41) is 3.08. The van der Waals surface area contributed by atoms with Crippen LogP contribution in [0.3, 0.4) is 0 Å². The van der Waals surface area contributed by atoms with Crippen molar-refractivity contribution in [2.45, 2.75) is 52.0 Å². The summed E-state index contributed by atoms with van der Waals surface area (Å²) in [6, 6.07) is 0.00755. The summed E-state index contributed by atoms with van der Waals surface area (Å²) in [6.07, 6.45) is 5.79. The zero-order valence-electron chi connectivity index (χ0n) is 13.4. The minimum atomic E-state index is 0.00755. The van der Waals surface area contributed by atoms with Gasteiger partial charge in [0.1, 0.15) is 0 Å². The molecule has 1 N–H and O–H groups in total. The number of nitrogens with one attached hydrogen (secondary N) is 1. The van der Waals surface area contributed by atoms with Crippen molar-refractivity contribution >= 4 is 11.8 Å². The zero-order valence-corrected chi connectivity index (χ0v) is 13.4. The summed E-state index contributed by atoms with van der Waals surface area (Å²) in [4.78, 5) is 28.2. The molecular weight excluding hydrogens is 266 g/mol. The summed E-state index contributed by atoms with van der Waals surface area (Å²) in [6.45, 7) is 7.60. The van der Waals surface area contributed by atoms with Crippen LogP contribution < -0.4 is 5.32 Å². The molecule has 21 heavy (non-hydrogen) atoms. The van der Waals surface area contributed by atoms with Gasteiger partial charge >= 0.3 is 0 Å². The number of rotatable bonds is 5. The molecule has 5 nitrogen and oxygen atoms in total. The molecule has 0 bridgehead atoms. The molecule has 1 aliphatic carbocycles. The highest BCUT2D eigenvalue weighted by Gasteiger charge is 2.36. The van der Waals surface area contributed by atoms with Gasteiger partial charge in [-0.05, 0) is 25.2 Å². The zero-order chi connectivity index (χ0) is 15.2. The Balaban J connectivity index is 1.98. The van der Waals surface area contributed by atoms with Gasteiger partial charge in [-0.2, -0.15) is 0 Å². The Bertz CT molecular complexity index is 359. The molecule has 0 radical (unpaired) electrons. The molecule has 0 aromatic carbocycles. The van der Waals surface area contributed by atoms with E-state index in [9.17, 15) is 9.59 Å². The first kappa shape index (κ1) is 16.3. The van der Waals surface area contributed by atoms with E-state index in [4.69, 9.17) is 0 Å². The first-order valence-electron chi connectivity index (χ1n) is 8.40. The predicted molar refractivity (Wildman–Crippen MR) is 82.9 cm³/mol. The van der Waals surface area contributed by atoms with Crippen LogP contribution in [0.4, 0.5) is 0 Å². The molecule has 0 unspecified atom stereocenters. The van der Waals surface area contributed by atoms with E-state index >= 15 is 0 Å². The molecule has 1 saturated carbocycles. The number of nitrogens with zero attached hydrogens (tertiary/aromatic N) is 2. The van der Waals surface area contributed by atoms with Crippen molar-refractivity contribution in [1.29, 1.82) is 0 Å². The minimum absolute atomic E-state index is 0.00755. The first-order chi connectivity index (χ1) is 10.1. The third-order valence-corrected chi connectivity index (χ3v) is 4.82. The van der Waals surface area contributed by atoms with Crippen molar-refractivity contribution in [2.24, 2.45) is 5.92 Å². The fraction of sp³-hybridized carbons (Fsp3) is 0.875. The number of piperazine rings is 1. The van der Waals surface area contributed by atoms with Crippen LogP contribution in [-0.2, 0) is 9.59 Å². The summed E-state index contributed by atoms with van der Waals surface area (Å²) in [5.74, 6) is 0.827. The molecule has 2 rings (SSSR count). The third-order valence-electron chi connectivity index (χ3n) is 4.82. The Morgan fingerprint density at radius 2 is 1.76 bits per heavy atom. The van der Waals surface area contributed by atoms with E-state index in [-0.39, 0.29) is 17.9 Å². The van der Waals surface area contributed by atoms with Gasteiger partial charge in [-0.15, -0.1) is 0 Å². The van der Waals surface area contributed by atoms with E-state index in [0.29, 0.717) is 5.92 Å². The highest BCUT2D eigenvalue weighted by Crippen LogP contribution is 2.31. The molecular formula is C16H29N3O2. The van der Waals surface area contributed by atoms with E-state index in [0.717, 1.165) is 52.0 Å². The van der Waals surface area contributed by atoms with E-state index in [2.05, 4.69) is 17.1 Å². The van der Waals surface area contributed by atoms with Gasteiger partial charge in [0.15, 0.2) is 0 Å². The van der Waals surface area contributed by atoms with Crippen molar-refractivity contribution in [3.63, 3.8) is 0 Å². The molecule has 1 aliphatic heterocycles. The lowest BCUT2D eigenvalue weighted by Gasteiger charge is -2.40. The fourth-order valence-electron chi connectivity index (χ4n) is 3.62. The third kappa shape index (κ3) is 4.19. The molecule has 0 aromatic heterocycles. The van der Waals surface area contributed by atoms with Crippen molar-refractivity contribution in [2.75, 3.05) is 32.7 Å². The monoisotopic (exact) mass is 295 g/mol. The Morgan fingerprint density at radius 3 is 2.29 bits per heavy atom. The number of carbonyl (C=O) groups is 2. The summed E-state index contributed by atoms with van der Waals surface area (Å²) >= 11 is 0. The molecule has 120 valence electrons. The van der Waals surface area contributed by atoms with Crippen LogP contribution in [0.2, 0.25) is 0 Å². The molecule has 2 aliphatic rings. The summed E-state index contributed by atoms with van der Waals surface area (Å²) in [5.41, 5.74) is 0. The maximum Gasteiger partial charge on any atom is 0.237 e. The van der Waals surface area contributed by atoms with Crippen LogP contribution in [0.1, 0.15) is 46.0 Å². The van der Waals surface area contributed by atoms with Crippen LogP contribution in [0.25, 0.3) is 0 Å². The Morgan fingerprint density at radius 1 is 1.14 bits per heavy atom. The predicted octanol–water partition coefficient (Wildman–Crippen LogP) is 1.24. The van der Waals surface area contributed by atoms with Gasteiger partial charge < -0.3 is 10.2 Å². The maximum absolute atomic E-state index is 12.6. The molecule has 1 saturated heterocycles. The second-order valence-corrected chi connectivity index (χ2v) is 6.32. The smallest absolute Gasteiger partial charge is 0.237 e. The lowest BCUT2D eigenvalue weighted by Crippen LogP contribution is -2.57. The van der Waals surface area contributed by atoms with E-state index in [1.807, 2.05) is 4.90 Å². The topological polar surface area (TPSA) is 52.7 Å². The number of amides is 2. The van der Waals surface area contributed by atoms with Gasteiger partial charge in [-0.25, -0.2) is 0 Å². The average Bonchev–Trinajstić information content (AvgIpc) is 3.00. The lowest BCUT2D eigenvalue weighted by atomic mass is 9.95.